The highest BCUT2D eigenvalue weighted by Crippen LogP contribution is 2.54. The molecule has 1 saturated carbocycles. The smallest absolute Gasteiger partial charge is 0.290 e. The first-order valence-electron chi connectivity index (χ1n) is 9.41. The molecule has 8 heteroatoms. The highest BCUT2D eigenvalue weighted by molar-refractivity contribution is 6.42. The van der Waals surface area contributed by atoms with Crippen LogP contribution in [0, 0.1) is 0 Å². The van der Waals surface area contributed by atoms with Gasteiger partial charge in [-0.2, -0.15) is 5.10 Å². The number of fused-ring (bicyclic) bond motifs is 5. The van der Waals surface area contributed by atoms with Gasteiger partial charge in [0.2, 0.25) is 0 Å². The summed E-state index contributed by atoms with van der Waals surface area (Å²) in [4.78, 5) is 13.0. The predicted molar refractivity (Wildman–Crippen MR) is 115 cm³/mol. The molecule has 29 heavy (non-hydrogen) atoms. The molecule has 0 spiro atoms. The molecule has 2 aliphatic rings. The summed E-state index contributed by atoms with van der Waals surface area (Å²) in [5.41, 5.74) is 9.88. The summed E-state index contributed by atoms with van der Waals surface area (Å²) in [5, 5.41) is 6.23. The number of nitrogens with one attached hydrogen (secondary N) is 2. The van der Waals surface area contributed by atoms with Crippen molar-refractivity contribution < 1.29 is 4.79 Å². The minimum atomic E-state index is -0.271. The quantitative estimate of drug-likeness (QED) is 0.486. The van der Waals surface area contributed by atoms with Gasteiger partial charge in [0.05, 0.1) is 27.1 Å². The Hall–Kier alpha value is -2.21. The van der Waals surface area contributed by atoms with Crippen molar-refractivity contribution in [3.8, 4) is 5.69 Å². The average Bonchev–Trinajstić information content (AvgIpc) is 3.42. The molecule has 2 atom stereocenters. The molecule has 148 valence electrons. The van der Waals surface area contributed by atoms with Crippen LogP contribution in [-0.2, 0) is 0 Å². The molecule has 0 radical (unpaired) electrons. The fraction of sp³-hybridized carbons (Fsp3) is 0.238. The van der Waals surface area contributed by atoms with Gasteiger partial charge in [-0.05, 0) is 67.6 Å². The monoisotopic (exact) mass is 446 g/mol. The van der Waals surface area contributed by atoms with Crippen molar-refractivity contribution in [2.75, 3.05) is 5.43 Å². The number of hydrogen-bond acceptors (Lipinski definition) is 3. The van der Waals surface area contributed by atoms with Crippen LogP contribution in [0.15, 0.2) is 42.5 Å². The van der Waals surface area contributed by atoms with Crippen LogP contribution in [0.2, 0.25) is 15.1 Å². The second-order valence-corrected chi connectivity index (χ2v) is 8.70. The number of carbonyl (C=O) groups is 1. The third-order valence-electron chi connectivity index (χ3n) is 5.71. The summed E-state index contributed by atoms with van der Waals surface area (Å²) in [6, 6.07) is 12.6. The fourth-order valence-electron chi connectivity index (χ4n) is 4.44. The average molecular weight is 448 g/mol. The number of carbonyl (C=O) groups excluding carboxylic acids is 1. The lowest BCUT2D eigenvalue weighted by atomic mass is 9.95. The minimum Gasteiger partial charge on any atom is -0.298 e. The number of rotatable bonds is 4. The molecule has 1 heterocycles. The first-order valence-corrected chi connectivity index (χ1v) is 10.5. The summed E-state index contributed by atoms with van der Waals surface area (Å²) in [6.45, 7) is 0. The van der Waals surface area contributed by atoms with E-state index in [0.29, 0.717) is 38.3 Å². The molecule has 5 rings (SSSR count). The van der Waals surface area contributed by atoms with Crippen molar-refractivity contribution in [3.05, 3.63) is 74.5 Å². The molecule has 0 unspecified atom stereocenters. The Labute approximate surface area is 182 Å². The highest BCUT2D eigenvalue weighted by atomic mass is 35.5. The summed E-state index contributed by atoms with van der Waals surface area (Å²) < 4.78 is 1.91. The van der Waals surface area contributed by atoms with E-state index in [9.17, 15) is 4.79 Å². The number of halogens is 3. The zero-order valence-corrected chi connectivity index (χ0v) is 17.5. The molecule has 1 fully saturated rings. The highest BCUT2D eigenvalue weighted by Gasteiger charge is 2.44. The van der Waals surface area contributed by atoms with E-state index >= 15 is 0 Å². The third kappa shape index (κ3) is 3.27. The summed E-state index contributed by atoms with van der Waals surface area (Å²) in [5.74, 6) is 0.567. The largest absolute Gasteiger partial charge is 0.298 e. The zero-order valence-electron chi connectivity index (χ0n) is 15.3. The van der Waals surface area contributed by atoms with Crippen molar-refractivity contribution in [2.45, 2.75) is 31.1 Å². The van der Waals surface area contributed by atoms with Crippen LogP contribution < -0.4 is 10.9 Å². The molecule has 0 saturated heterocycles. The lowest BCUT2D eigenvalue weighted by molar-refractivity contribution is 0.0956. The van der Waals surface area contributed by atoms with Crippen LogP contribution in [0.4, 0.5) is 5.69 Å². The minimum absolute atomic E-state index is 0.271. The van der Waals surface area contributed by atoms with Gasteiger partial charge in [0.1, 0.15) is 0 Å². The molecular formula is C21H17Cl3N4O. The molecule has 2 aromatic carbocycles. The number of hydrogen-bond donors (Lipinski definition) is 2. The maximum Gasteiger partial charge on any atom is 0.290 e. The molecule has 2 N–H and O–H groups in total. The van der Waals surface area contributed by atoms with Gasteiger partial charge < -0.3 is 0 Å². The lowest BCUT2D eigenvalue weighted by Crippen LogP contribution is -2.30. The second kappa shape index (κ2) is 7.24. The van der Waals surface area contributed by atoms with Crippen LogP contribution in [0.3, 0.4) is 0 Å². The van der Waals surface area contributed by atoms with Crippen LogP contribution in [0.25, 0.3) is 5.69 Å². The van der Waals surface area contributed by atoms with Crippen LogP contribution in [0.1, 0.15) is 52.8 Å². The number of benzene rings is 2. The van der Waals surface area contributed by atoms with Crippen molar-refractivity contribution in [3.63, 3.8) is 0 Å². The van der Waals surface area contributed by atoms with Gasteiger partial charge in [0, 0.05) is 16.5 Å². The van der Waals surface area contributed by atoms with E-state index in [0.717, 1.165) is 36.2 Å². The van der Waals surface area contributed by atoms with E-state index in [1.807, 2.05) is 28.9 Å². The van der Waals surface area contributed by atoms with Crippen molar-refractivity contribution in [2.24, 2.45) is 0 Å². The lowest BCUT2D eigenvalue weighted by Gasteiger charge is -2.14. The fourth-order valence-corrected chi connectivity index (χ4v) is 4.86. The van der Waals surface area contributed by atoms with Crippen LogP contribution >= 0.6 is 34.8 Å². The number of anilines is 1. The number of aromatic nitrogens is 2. The summed E-state index contributed by atoms with van der Waals surface area (Å²) in [6.07, 6.45) is 3.32. The maximum atomic E-state index is 13.0. The Bertz CT molecular complexity index is 1110. The molecule has 0 aliphatic heterocycles. The normalized spacial score (nSPS) is 19.3. The molecule has 1 aromatic heterocycles. The molecule has 1 amide bonds. The van der Waals surface area contributed by atoms with Gasteiger partial charge in [0.25, 0.3) is 5.91 Å². The van der Waals surface area contributed by atoms with Crippen molar-refractivity contribution >= 4 is 46.4 Å². The Kier molecular flexibility index (Phi) is 4.69. The topological polar surface area (TPSA) is 59.0 Å². The van der Waals surface area contributed by atoms with E-state index in [4.69, 9.17) is 39.9 Å². The van der Waals surface area contributed by atoms with Gasteiger partial charge in [-0.3, -0.25) is 15.6 Å². The van der Waals surface area contributed by atoms with E-state index in [1.54, 1.807) is 18.2 Å². The first-order chi connectivity index (χ1) is 14.0. The Morgan fingerprint density at radius 1 is 1.00 bits per heavy atom. The van der Waals surface area contributed by atoms with Gasteiger partial charge >= 0.3 is 0 Å². The molecule has 3 aromatic rings. The first kappa shape index (κ1) is 18.8. The van der Waals surface area contributed by atoms with Crippen LogP contribution in [0.5, 0.6) is 0 Å². The molecule has 2 aliphatic carbocycles. The van der Waals surface area contributed by atoms with Crippen LogP contribution in [-0.4, -0.2) is 15.7 Å². The molecule has 5 nitrogen and oxygen atoms in total. The Morgan fingerprint density at radius 3 is 2.52 bits per heavy atom. The Morgan fingerprint density at radius 2 is 1.76 bits per heavy atom. The summed E-state index contributed by atoms with van der Waals surface area (Å²) >= 11 is 18.0. The summed E-state index contributed by atoms with van der Waals surface area (Å²) in [7, 11) is 0. The Balaban J connectivity index is 1.46. The maximum absolute atomic E-state index is 13.0. The molecular weight excluding hydrogens is 431 g/mol. The van der Waals surface area contributed by atoms with E-state index in [-0.39, 0.29) is 5.91 Å². The predicted octanol–water partition coefficient (Wildman–Crippen LogP) is 5.95. The number of amides is 1. The van der Waals surface area contributed by atoms with E-state index in [2.05, 4.69) is 10.9 Å². The standard InChI is InChI=1S/C21H17Cl3N4O/c22-13-3-6-15(7-4-13)28-20-12-2-1-11(9-12)18(20)19(27-28)21(29)26-25-14-5-8-16(23)17(24)10-14/h3-8,10-12,25H,1-2,9H2,(H,26,29)/t11-,12-/m0/s1. The van der Waals surface area contributed by atoms with Gasteiger partial charge in [0.15, 0.2) is 5.69 Å². The number of nitrogens with zero attached hydrogens (tertiary/aromatic N) is 2. The van der Waals surface area contributed by atoms with Crippen molar-refractivity contribution in [1.82, 2.24) is 15.2 Å². The second-order valence-electron chi connectivity index (χ2n) is 7.45. The zero-order chi connectivity index (χ0) is 20.1. The van der Waals surface area contributed by atoms with Crippen molar-refractivity contribution in [1.29, 1.82) is 0 Å². The van der Waals surface area contributed by atoms with Gasteiger partial charge in [-0.25, -0.2) is 4.68 Å². The molecule has 2 bridgehead atoms. The van der Waals surface area contributed by atoms with Gasteiger partial charge in [-0.1, -0.05) is 34.8 Å². The van der Waals surface area contributed by atoms with E-state index < -0.39 is 0 Å². The SMILES string of the molecule is O=C(NNc1ccc(Cl)c(Cl)c1)c1nn(-c2ccc(Cl)cc2)c2c1[C@H]1CC[C@H]2C1. The van der Waals surface area contributed by atoms with Gasteiger partial charge in [-0.15, -0.1) is 0 Å². The number of hydrazine groups is 1. The third-order valence-corrected chi connectivity index (χ3v) is 6.70. The van der Waals surface area contributed by atoms with E-state index in [1.165, 1.54) is 0 Å².